The minimum Gasteiger partial charge on any atom is -0.388 e. The van der Waals surface area contributed by atoms with Crippen LogP contribution in [0, 0.1) is 0 Å². The van der Waals surface area contributed by atoms with E-state index in [1.54, 1.807) is 12.4 Å². The number of anilines is 2. The van der Waals surface area contributed by atoms with Gasteiger partial charge in [0.25, 0.3) is 0 Å². The van der Waals surface area contributed by atoms with Gasteiger partial charge in [-0.2, -0.15) is 0 Å². The molecule has 2 aromatic rings. The maximum absolute atomic E-state index is 9.99. The summed E-state index contributed by atoms with van der Waals surface area (Å²) in [5, 5.41) is 9.99. The minimum atomic E-state index is -0.657. The summed E-state index contributed by atoms with van der Waals surface area (Å²) in [4.78, 5) is 10.6. The molecule has 0 radical (unpaired) electrons. The summed E-state index contributed by atoms with van der Waals surface area (Å²) >= 11 is 0. The summed E-state index contributed by atoms with van der Waals surface area (Å²) in [6.45, 7) is 3.17. The largest absolute Gasteiger partial charge is 0.388 e. The van der Waals surface area contributed by atoms with Gasteiger partial charge in [-0.05, 0) is 13.3 Å². The van der Waals surface area contributed by atoms with Gasteiger partial charge in [0, 0.05) is 25.5 Å². The van der Waals surface area contributed by atoms with Gasteiger partial charge >= 0.3 is 0 Å². The highest BCUT2D eigenvalue weighted by atomic mass is 16.3. The summed E-state index contributed by atoms with van der Waals surface area (Å²) in [7, 11) is 0. The maximum atomic E-state index is 9.99. The van der Waals surface area contributed by atoms with Gasteiger partial charge in [0.2, 0.25) is 0 Å². The van der Waals surface area contributed by atoms with Crippen LogP contribution < -0.4 is 10.6 Å². The van der Waals surface area contributed by atoms with E-state index in [0.717, 1.165) is 24.4 Å². The molecule has 3 N–H and O–H groups in total. The highest BCUT2D eigenvalue weighted by molar-refractivity contribution is 5.66. The number of nitrogens with zero attached hydrogens (tertiary/aromatic N) is 4. The Morgan fingerprint density at radius 1 is 1.53 bits per heavy atom. The normalized spacial score (nSPS) is 24.7. The predicted molar refractivity (Wildman–Crippen MR) is 64.9 cm³/mol. The van der Waals surface area contributed by atoms with Gasteiger partial charge in [0.15, 0.2) is 11.5 Å². The third-order valence-corrected chi connectivity index (χ3v) is 3.13. The molecule has 6 heteroatoms. The predicted octanol–water partition coefficient (Wildman–Crippen LogP) is 0.273. The lowest BCUT2D eigenvalue weighted by atomic mass is 10.1. The zero-order chi connectivity index (χ0) is 12.0. The Morgan fingerprint density at radius 3 is 3.06 bits per heavy atom. The van der Waals surface area contributed by atoms with Crippen molar-refractivity contribution in [3.05, 3.63) is 18.6 Å². The van der Waals surface area contributed by atoms with Crippen molar-refractivity contribution >= 4 is 17.3 Å². The molecular formula is C11H15N5O. The molecule has 0 amide bonds. The fourth-order valence-corrected chi connectivity index (χ4v) is 2.27. The Morgan fingerprint density at radius 2 is 2.35 bits per heavy atom. The standard InChI is InChI=1S/C11H15N5O/c1-11(17)2-4-16(7-11)10-9-13-3-5-15(9)6-8(12)14-10/h3,5-6,17H,2,4,7,12H2,1H3. The first-order valence-corrected chi connectivity index (χ1v) is 5.62. The molecule has 0 aromatic carbocycles. The fraction of sp³-hybridized carbons (Fsp3) is 0.455. The number of hydrogen-bond donors (Lipinski definition) is 2. The molecule has 1 atom stereocenters. The molecule has 0 saturated carbocycles. The highest BCUT2D eigenvalue weighted by Crippen LogP contribution is 2.28. The second kappa shape index (κ2) is 3.33. The Balaban J connectivity index is 2.08. The lowest BCUT2D eigenvalue weighted by Crippen LogP contribution is -2.30. The van der Waals surface area contributed by atoms with E-state index in [4.69, 9.17) is 5.73 Å². The van der Waals surface area contributed by atoms with Crippen molar-refractivity contribution in [3.8, 4) is 0 Å². The van der Waals surface area contributed by atoms with Gasteiger partial charge in [0.1, 0.15) is 5.82 Å². The van der Waals surface area contributed by atoms with Gasteiger partial charge in [-0.3, -0.25) is 0 Å². The second-order valence-corrected chi connectivity index (χ2v) is 4.82. The van der Waals surface area contributed by atoms with Crippen molar-refractivity contribution in [1.82, 2.24) is 14.4 Å². The number of rotatable bonds is 1. The smallest absolute Gasteiger partial charge is 0.180 e. The third-order valence-electron chi connectivity index (χ3n) is 3.13. The number of aromatic nitrogens is 3. The van der Waals surface area contributed by atoms with Crippen LogP contribution in [0.4, 0.5) is 11.6 Å². The average molecular weight is 233 g/mol. The number of aliphatic hydroxyl groups is 1. The van der Waals surface area contributed by atoms with Crippen LogP contribution in [0.25, 0.3) is 5.65 Å². The van der Waals surface area contributed by atoms with Gasteiger partial charge in [-0.1, -0.05) is 0 Å². The molecule has 1 aliphatic rings. The number of hydrogen-bond acceptors (Lipinski definition) is 5. The lowest BCUT2D eigenvalue weighted by molar-refractivity contribution is 0.0839. The molecule has 6 nitrogen and oxygen atoms in total. The van der Waals surface area contributed by atoms with Crippen LogP contribution in [0.15, 0.2) is 18.6 Å². The Bertz CT molecular complexity index is 562. The van der Waals surface area contributed by atoms with Crippen molar-refractivity contribution in [2.75, 3.05) is 23.7 Å². The van der Waals surface area contributed by atoms with Crippen LogP contribution in [0.2, 0.25) is 0 Å². The van der Waals surface area contributed by atoms with Gasteiger partial charge in [-0.25, -0.2) is 9.97 Å². The highest BCUT2D eigenvalue weighted by Gasteiger charge is 2.33. The number of nitrogen functional groups attached to an aromatic ring is 1. The summed E-state index contributed by atoms with van der Waals surface area (Å²) in [6.07, 6.45) is 6.02. The van der Waals surface area contributed by atoms with Gasteiger partial charge < -0.3 is 20.1 Å². The van der Waals surface area contributed by atoms with Crippen LogP contribution in [0.5, 0.6) is 0 Å². The monoisotopic (exact) mass is 233 g/mol. The van der Waals surface area contributed by atoms with E-state index >= 15 is 0 Å². The van der Waals surface area contributed by atoms with Crippen LogP contribution in [0.3, 0.4) is 0 Å². The summed E-state index contributed by atoms with van der Waals surface area (Å²) < 4.78 is 1.85. The zero-order valence-corrected chi connectivity index (χ0v) is 9.67. The molecule has 90 valence electrons. The minimum absolute atomic E-state index is 0.456. The first kappa shape index (κ1) is 10.3. The third kappa shape index (κ3) is 1.70. The summed E-state index contributed by atoms with van der Waals surface area (Å²) in [6, 6.07) is 0. The van der Waals surface area contributed by atoms with E-state index < -0.39 is 5.60 Å². The summed E-state index contributed by atoms with van der Waals surface area (Å²) in [5.74, 6) is 1.20. The van der Waals surface area contributed by atoms with Crippen molar-refractivity contribution < 1.29 is 5.11 Å². The van der Waals surface area contributed by atoms with Crippen LogP contribution in [0.1, 0.15) is 13.3 Å². The van der Waals surface area contributed by atoms with Crippen LogP contribution in [-0.2, 0) is 0 Å². The average Bonchev–Trinajstić information content (AvgIpc) is 2.82. The molecule has 1 aliphatic heterocycles. The summed E-state index contributed by atoms with van der Waals surface area (Å²) in [5.41, 5.74) is 5.89. The van der Waals surface area contributed by atoms with E-state index in [-0.39, 0.29) is 0 Å². The Labute approximate surface area is 98.7 Å². The quantitative estimate of drug-likeness (QED) is 0.739. The molecule has 17 heavy (non-hydrogen) atoms. The van der Waals surface area contributed by atoms with E-state index in [2.05, 4.69) is 9.97 Å². The van der Waals surface area contributed by atoms with Crippen LogP contribution >= 0.6 is 0 Å². The first-order valence-electron chi connectivity index (χ1n) is 5.62. The SMILES string of the molecule is CC1(O)CCN(c2nc(N)cn3ccnc23)C1. The van der Waals surface area contributed by atoms with Crippen molar-refractivity contribution in [2.24, 2.45) is 0 Å². The van der Waals surface area contributed by atoms with Crippen molar-refractivity contribution in [2.45, 2.75) is 18.9 Å². The molecule has 3 heterocycles. The van der Waals surface area contributed by atoms with E-state index in [1.165, 1.54) is 0 Å². The number of fused-ring (bicyclic) bond motifs is 1. The molecule has 0 aliphatic carbocycles. The fourth-order valence-electron chi connectivity index (χ4n) is 2.27. The topological polar surface area (TPSA) is 79.7 Å². The van der Waals surface area contributed by atoms with Crippen molar-refractivity contribution in [1.29, 1.82) is 0 Å². The van der Waals surface area contributed by atoms with E-state index in [1.807, 2.05) is 22.4 Å². The Kier molecular flexibility index (Phi) is 2.03. The van der Waals surface area contributed by atoms with Gasteiger partial charge in [0.05, 0.1) is 11.8 Å². The zero-order valence-electron chi connectivity index (χ0n) is 9.67. The van der Waals surface area contributed by atoms with Crippen LogP contribution in [-0.4, -0.2) is 38.2 Å². The molecule has 1 unspecified atom stereocenters. The molecule has 1 fully saturated rings. The lowest BCUT2D eigenvalue weighted by Gasteiger charge is -2.20. The molecule has 1 saturated heterocycles. The number of imidazole rings is 1. The molecule has 3 rings (SSSR count). The van der Waals surface area contributed by atoms with E-state index in [0.29, 0.717) is 12.4 Å². The molecule has 0 bridgehead atoms. The van der Waals surface area contributed by atoms with Crippen molar-refractivity contribution in [3.63, 3.8) is 0 Å². The first-order chi connectivity index (χ1) is 8.05. The molecule has 2 aromatic heterocycles. The van der Waals surface area contributed by atoms with E-state index in [9.17, 15) is 5.11 Å². The molecular weight excluding hydrogens is 218 g/mol. The second-order valence-electron chi connectivity index (χ2n) is 4.82. The Hall–Kier alpha value is -1.82. The molecule has 0 spiro atoms. The maximum Gasteiger partial charge on any atom is 0.180 e. The number of β-amino-alcohol motifs (C(OH)–C–C–N with tert-alkyl or cyclic N) is 1. The number of nitrogens with two attached hydrogens (primary N) is 1. The van der Waals surface area contributed by atoms with Gasteiger partial charge in [-0.15, -0.1) is 0 Å².